The first-order chi connectivity index (χ1) is 12.8. The smallest absolute Gasteiger partial charge is 0.258 e. The molecular weight excluding hydrogens is 322 g/mol. The van der Waals surface area contributed by atoms with Crippen LogP contribution in [0.15, 0.2) is 53.1 Å². The van der Waals surface area contributed by atoms with Gasteiger partial charge in [-0.15, -0.1) is 0 Å². The summed E-state index contributed by atoms with van der Waals surface area (Å²) in [6, 6.07) is 17.3. The molecule has 0 spiro atoms. The molecule has 0 aliphatic heterocycles. The maximum Gasteiger partial charge on any atom is 0.258 e. The lowest BCUT2D eigenvalue weighted by Gasteiger charge is -2.26. The molecule has 1 aromatic heterocycles. The molecule has 1 aliphatic rings. The molecule has 1 heterocycles. The molecule has 1 saturated carbocycles. The van der Waals surface area contributed by atoms with Crippen molar-refractivity contribution in [3.63, 3.8) is 0 Å². The molecule has 2 aromatic carbocycles. The molecule has 0 amide bonds. The van der Waals surface area contributed by atoms with Gasteiger partial charge in [0, 0.05) is 23.7 Å². The Kier molecular flexibility index (Phi) is 5.12. The highest BCUT2D eigenvalue weighted by atomic mass is 16.5. The van der Waals surface area contributed by atoms with Crippen molar-refractivity contribution < 1.29 is 4.52 Å². The van der Waals surface area contributed by atoms with Gasteiger partial charge in [0.1, 0.15) is 0 Å². The minimum atomic E-state index is 0.574. The highest BCUT2D eigenvalue weighted by Crippen LogP contribution is 2.26. The minimum Gasteiger partial charge on any atom is -0.334 e. The van der Waals surface area contributed by atoms with E-state index < -0.39 is 0 Å². The van der Waals surface area contributed by atoms with Crippen molar-refractivity contribution in [3.8, 4) is 22.8 Å². The van der Waals surface area contributed by atoms with E-state index in [0.717, 1.165) is 30.5 Å². The second-order valence-corrected chi connectivity index (χ2v) is 7.04. The van der Waals surface area contributed by atoms with Crippen molar-refractivity contribution in [2.45, 2.75) is 51.6 Å². The maximum absolute atomic E-state index is 5.54. The molecule has 0 bridgehead atoms. The number of aryl methyl sites for hydroxylation is 1. The van der Waals surface area contributed by atoms with Crippen molar-refractivity contribution in [3.05, 3.63) is 59.7 Å². The monoisotopic (exact) mass is 347 g/mol. The van der Waals surface area contributed by atoms with E-state index in [1.165, 1.54) is 30.4 Å². The normalized spacial score (nSPS) is 14.3. The van der Waals surface area contributed by atoms with E-state index in [1.807, 2.05) is 6.07 Å². The first-order valence-corrected chi connectivity index (χ1v) is 9.58. The molecule has 26 heavy (non-hydrogen) atoms. The van der Waals surface area contributed by atoms with Gasteiger partial charge in [-0.1, -0.05) is 61.3 Å². The average molecular weight is 347 g/mol. The van der Waals surface area contributed by atoms with Crippen LogP contribution >= 0.6 is 0 Å². The SMILES string of the molecule is CCCc1ccc(-c2nc(-c3ccccc3CNC3CCC3)no2)cc1. The van der Waals surface area contributed by atoms with Crippen LogP contribution in [0.4, 0.5) is 0 Å². The zero-order valence-corrected chi connectivity index (χ0v) is 15.2. The van der Waals surface area contributed by atoms with E-state index in [1.54, 1.807) is 0 Å². The van der Waals surface area contributed by atoms with E-state index >= 15 is 0 Å². The molecule has 1 fully saturated rings. The van der Waals surface area contributed by atoms with Crippen LogP contribution in [0.25, 0.3) is 22.8 Å². The average Bonchev–Trinajstić information content (AvgIpc) is 3.12. The van der Waals surface area contributed by atoms with Gasteiger partial charge in [-0.25, -0.2) is 0 Å². The van der Waals surface area contributed by atoms with Gasteiger partial charge in [-0.2, -0.15) is 4.98 Å². The molecule has 4 nitrogen and oxygen atoms in total. The van der Waals surface area contributed by atoms with Crippen LogP contribution in [0, 0.1) is 0 Å². The summed E-state index contributed by atoms with van der Waals surface area (Å²) < 4.78 is 5.54. The molecule has 0 atom stereocenters. The van der Waals surface area contributed by atoms with E-state index in [9.17, 15) is 0 Å². The lowest BCUT2D eigenvalue weighted by Crippen LogP contribution is -2.34. The fourth-order valence-corrected chi connectivity index (χ4v) is 3.31. The summed E-state index contributed by atoms with van der Waals surface area (Å²) in [5, 5.41) is 7.85. The third-order valence-electron chi connectivity index (χ3n) is 5.11. The lowest BCUT2D eigenvalue weighted by atomic mass is 9.93. The molecular formula is C22H25N3O. The highest BCUT2D eigenvalue weighted by Gasteiger charge is 2.18. The first-order valence-electron chi connectivity index (χ1n) is 9.58. The van der Waals surface area contributed by atoms with Crippen molar-refractivity contribution >= 4 is 0 Å². The quantitative estimate of drug-likeness (QED) is 0.653. The predicted molar refractivity (Wildman–Crippen MR) is 104 cm³/mol. The predicted octanol–water partition coefficient (Wildman–Crippen LogP) is 5.00. The van der Waals surface area contributed by atoms with Gasteiger partial charge in [0.2, 0.25) is 5.82 Å². The number of hydrogen-bond donors (Lipinski definition) is 1. The Morgan fingerprint density at radius 3 is 2.62 bits per heavy atom. The third-order valence-corrected chi connectivity index (χ3v) is 5.11. The zero-order valence-electron chi connectivity index (χ0n) is 15.2. The molecule has 4 heteroatoms. The molecule has 1 N–H and O–H groups in total. The number of rotatable bonds is 7. The van der Waals surface area contributed by atoms with Crippen LogP contribution in [-0.4, -0.2) is 16.2 Å². The van der Waals surface area contributed by atoms with E-state index in [2.05, 4.69) is 64.8 Å². The third kappa shape index (κ3) is 3.70. The first kappa shape index (κ1) is 17.0. The van der Waals surface area contributed by atoms with Crippen LogP contribution in [0.1, 0.15) is 43.7 Å². The van der Waals surface area contributed by atoms with Gasteiger partial charge in [0.05, 0.1) is 0 Å². The lowest BCUT2D eigenvalue weighted by molar-refractivity contribution is 0.338. The second-order valence-electron chi connectivity index (χ2n) is 7.04. The van der Waals surface area contributed by atoms with Gasteiger partial charge in [0.15, 0.2) is 0 Å². The number of nitrogens with zero attached hydrogens (tertiary/aromatic N) is 2. The summed E-state index contributed by atoms with van der Waals surface area (Å²) in [5.41, 5.74) is 4.55. The number of hydrogen-bond acceptors (Lipinski definition) is 4. The molecule has 0 radical (unpaired) electrons. The van der Waals surface area contributed by atoms with Crippen LogP contribution in [0.2, 0.25) is 0 Å². The summed E-state index contributed by atoms with van der Waals surface area (Å²) in [7, 11) is 0. The van der Waals surface area contributed by atoms with Crippen LogP contribution in [0.3, 0.4) is 0 Å². The summed E-state index contributed by atoms with van der Waals surface area (Å²) in [4.78, 5) is 4.64. The summed E-state index contributed by atoms with van der Waals surface area (Å²) in [6.45, 7) is 3.03. The largest absolute Gasteiger partial charge is 0.334 e. The van der Waals surface area contributed by atoms with Crippen molar-refractivity contribution in [1.29, 1.82) is 0 Å². The highest BCUT2D eigenvalue weighted by molar-refractivity contribution is 5.63. The Morgan fingerprint density at radius 1 is 1.08 bits per heavy atom. The molecule has 0 unspecified atom stereocenters. The van der Waals surface area contributed by atoms with Gasteiger partial charge in [-0.3, -0.25) is 0 Å². The van der Waals surface area contributed by atoms with Gasteiger partial charge >= 0.3 is 0 Å². The Morgan fingerprint density at radius 2 is 1.88 bits per heavy atom. The Hall–Kier alpha value is -2.46. The Labute approximate surface area is 154 Å². The van der Waals surface area contributed by atoms with Gasteiger partial charge in [-0.05, 0) is 42.5 Å². The maximum atomic E-state index is 5.54. The van der Waals surface area contributed by atoms with Crippen molar-refractivity contribution in [2.24, 2.45) is 0 Å². The van der Waals surface area contributed by atoms with E-state index in [0.29, 0.717) is 17.8 Å². The Bertz CT molecular complexity index is 850. The van der Waals surface area contributed by atoms with Crippen molar-refractivity contribution in [2.75, 3.05) is 0 Å². The second kappa shape index (κ2) is 7.83. The number of nitrogens with one attached hydrogen (secondary N) is 1. The summed E-state index contributed by atoms with van der Waals surface area (Å²) in [6.07, 6.45) is 6.14. The van der Waals surface area contributed by atoms with Gasteiger partial charge in [0.25, 0.3) is 5.89 Å². The number of aromatic nitrogens is 2. The molecule has 0 saturated heterocycles. The minimum absolute atomic E-state index is 0.574. The summed E-state index contributed by atoms with van der Waals surface area (Å²) >= 11 is 0. The molecule has 134 valence electrons. The van der Waals surface area contributed by atoms with Gasteiger partial charge < -0.3 is 9.84 Å². The molecule has 4 rings (SSSR count). The number of benzene rings is 2. The molecule has 1 aliphatic carbocycles. The standard InChI is InChI=1S/C22H25N3O/c1-2-6-16-11-13-17(14-12-16)22-24-21(25-26-22)20-10-4-3-7-18(20)15-23-19-8-5-9-19/h3-4,7,10-14,19,23H,2,5-6,8-9,15H2,1H3. The fraction of sp³-hybridized carbons (Fsp3) is 0.364. The zero-order chi connectivity index (χ0) is 17.8. The summed E-state index contributed by atoms with van der Waals surface area (Å²) in [5.74, 6) is 1.23. The molecule has 3 aromatic rings. The fourth-order valence-electron chi connectivity index (χ4n) is 3.31. The van der Waals surface area contributed by atoms with Crippen molar-refractivity contribution in [1.82, 2.24) is 15.5 Å². The van der Waals surface area contributed by atoms with E-state index in [4.69, 9.17) is 4.52 Å². The van der Waals surface area contributed by atoms with Crippen LogP contribution in [0.5, 0.6) is 0 Å². The van der Waals surface area contributed by atoms with E-state index in [-0.39, 0.29) is 0 Å². The van der Waals surface area contributed by atoms with Crippen LogP contribution in [-0.2, 0) is 13.0 Å². The van der Waals surface area contributed by atoms with Crippen LogP contribution < -0.4 is 5.32 Å². The topological polar surface area (TPSA) is 51.0 Å². The Balaban J connectivity index is 1.53.